The number of halogens is 1. The van der Waals surface area contributed by atoms with Gasteiger partial charge >= 0.3 is 12.0 Å². The smallest absolute Gasteiger partial charge is 0.338 e. The van der Waals surface area contributed by atoms with Gasteiger partial charge in [0.1, 0.15) is 5.75 Å². The standard InChI is InChI=1S/C20H19FN2O4/c1-3-26-19(24)17-12(2)22-20(25)23-18(17)13-9-10-15(21)16(11-13)27-14-7-5-4-6-8-14/h4-11,18H,3H2,1-2H3,(H2,22,23,25)/t18-/m1/s1. The van der Waals surface area contributed by atoms with E-state index in [1.165, 1.54) is 18.2 Å². The van der Waals surface area contributed by atoms with Crippen molar-refractivity contribution in [1.82, 2.24) is 10.6 Å². The molecule has 27 heavy (non-hydrogen) atoms. The second-order valence-corrected chi connectivity index (χ2v) is 5.90. The predicted molar refractivity (Wildman–Crippen MR) is 96.7 cm³/mol. The molecule has 0 fully saturated rings. The number of urea groups is 1. The monoisotopic (exact) mass is 370 g/mol. The Labute approximate surface area is 156 Å². The molecule has 7 heteroatoms. The zero-order valence-electron chi connectivity index (χ0n) is 14.9. The summed E-state index contributed by atoms with van der Waals surface area (Å²) in [5.74, 6) is -0.642. The van der Waals surface area contributed by atoms with E-state index in [4.69, 9.17) is 9.47 Å². The van der Waals surface area contributed by atoms with Crippen molar-refractivity contribution in [3.8, 4) is 11.5 Å². The molecule has 2 N–H and O–H groups in total. The molecule has 140 valence electrons. The molecule has 0 unspecified atom stereocenters. The van der Waals surface area contributed by atoms with E-state index < -0.39 is 23.9 Å². The molecular weight excluding hydrogens is 351 g/mol. The van der Waals surface area contributed by atoms with Gasteiger partial charge in [-0.3, -0.25) is 0 Å². The van der Waals surface area contributed by atoms with Crippen molar-refractivity contribution in [3.63, 3.8) is 0 Å². The first-order chi connectivity index (χ1) is 13.0. The van der Waals surface area contributed by atoms with Gasteiger partial charge in [0, 0.05) is 5.70 Å². The van der Waals surface area contributed by atoms with Crippen LogP contribution in [0.15, 0.2) is 59.8 Å². The third-order valence-corrected chi connectivity index (χ3v) is 4.02. The van der Waals surface area contributed by atoms with Gasteiger partial charge in [-0.1, -0.05) is 24.3 Å². The number of carbonyl (C=O) groups is 2. The molecule has 1 aliphatic heterocycles. The Morgan fingerprint density at radius 2 is 1.93 bits per heavy atom. The Morgan fingerprint density at radius 1 is 1.19 bits per heavy atom. The van der Waals surface area contributed by atoms with Crippen molar-refractivity contribution < 1.29 is 23.5 Å². The lowest BCUT2D eigenvalue weighted by Gasteiger charge is -2.28. The molecule has 1 atom stereocenters. The molecule has 0 bridgehead atoms. The van der Waals surface area contributed by atoms with Gasteiger partial charge in [0.15, 0.2) is 11.6 Å². The Kier molecular flexibility index (Phi) is 5.40. The van der Waals surface area contributed by atoms with Gasteiger partial charge in [0.2, 0.25) is 0 Å². The number of nitrogens with one attached hydrogen (secondary N) is 2. The van der Waals surface area contributed by atoms with Crippen molar-refractivity contribution in [3.05, 3.63) is 71.2 Å². The topological polar surface area (TPSA) is 76.7 Å². The number of hydrogen-bond acceptors (Lipinski definition) is 4. The van der Waals surface area contributed by atoms with Crippen molar-refractivity contribution in [2.45, 2.75) is 19.9 Å². The van der Waals surface area contributed by atoms with E-state index in [1.807, 2.05) is 6.07 Å². The molecule has 3 rings (SSSR count). The third-order valence-electron chi connectivity index (χ3n) is 4.02. The maximum absolute atomic E-state index is 14.2. The van der Waals surface area contributed by atoms with Crippen LogP contribution in [0.25, 0.3) is 0 Å². The zero-order valence-corrected chi connectivity index (χ0v) is 14.9. The lowest BCUT2D eigenvalue weighted by Crippen LogP contribution is -2.45. The van der Waals surface area contributed by atoms with Crippen molar-refractivity contribution >= 4 is 12.0 Å². The first kappa shape index (κ1) is 18.4. The fraction of sp³-hybridized carbons (Fsp3) is 0.200. The van der Waals surface area contributed by atoms with Crippen LogP contribution >= 0.6 is 0 Å². The maximum atomic E-state index is 14.2. The predicted octanol–water partition coefficient (Wildman–Crippen LogP) is 3.81. The Balaban J connectivity index is 1.98. The van der Waals surface area contributed by atoms with Crippen LogP contribution in [0, 0.1) is 5.82 Å². The summed E-state index contributed by atoms with van der Waals surface area (Å²) >= 11 is 0. The first-order valence-corrected chi connectivity index (χ1v) is 8.47. The average molecular weight is 370 g/mol. The SMILES string of the molecule is CCOC(=O)C1=C(C)NC(=O)N[C@@H]1c1ccc(F)c(Oc2ccccc2)c1. The molecule has 0 saturated carbocycles. The van der Waals surface area contributed by atoms with E-state index in [2.05, 4.69) is 10.6 Å². The summed E-state index contributed by atoms with van der Waals surface area (Å²) in [7, 11) is 0. The molecule has 0 spiro atoms. The van der Waals surface area contributed by atoms with Gasteiger partial charge in [-0.05, 0) is 43.7 Å². The highest BCUT2D eigenvalue weighted by atomic mass is 19.1. The molecule has 1 aliphatic rings. The number of esters is 1. The third kappa shape index (κ3) is 4.08. The summed E-state index contributed by atoms with van der Waals surface area (Å²) in [5, 5.41) is 5.23. The highest BCUT2D eigenvalue weighted by Gasteiger charge is 2.32. The Bertz CT molecular complexity index is 896. The number of allylic oxidation sites excluding steroid dienone is 1. The summed E-state index contributed by atoms with van der Waals surface area (Å²) in [5.41, 5.74) is 1.14. The minimum absolute atomic E-state index is 0.00709. The Hall–Kier alpha value is -3.35. The number of para-hydroxylation sites is 1. The van der Waals surface area contributed by atoms with Crippen molar-refractivity contribution in [2.75, 3.05) is 6.61 Å². The van der Waals surface area contributed by atoms with Crippen LogP contribution in [0.4, 0.5) is 9.18 Å². The molecule has 0 aromatic heterocycles. The molecular formula is C20H19FN2O4. The van der Waals surface area contributed by atoms with Crippen LogP contribution in [-0.2, 0) is 9.53 Å². The average Bonchev–Trinajstić information content (AvgIpc) is 2.64. The van der Waals surface area contributed by atoms with E-state index in [0.717, 1.165) is 0 Å². The number of rotatable bonds is 5. The van der Waals surface area contributed by atoms with Crippen LogP contribution < -0.4 is 15.4 Å². The van der Waals surface area contributed by atoms with E-state index >= 15 is 0 Å². The summed E-state index contributed by atoms with van der Waals surface area (Å²) in [6.07, 6.45) is 0. The lowest BCUT2D eigenvalue weighted by molar-refractivity contribution is -0.139. The maximum Gasteiger partial charge on any atom is 0.338 e. The fourth-order valence-corrected chi connectivity index (χ4v) is 2.82. The largest absolute Gasteiger partial charge is 0.463 e. The number of benzene rings is 2. The molecule has 2 amide bonds. The van der Waals surface area contributed by atoms with Gasteiger partial charge in [0.25, 0.3) is 0 Å². The summed E-state index contributed by atoms with van der Waals surface area (Å²) in [6, 6.07) is 11.7. The van der Waals surface area contributed by atoms with Crippen molar-refractivity contribution in [1.29, 1.82) is 0 Å². The van der Waals surface area contributed by atoms with Gasteiger partial charge < -0.3 is 20.1 Å². The Morgan fingerprint density at radius 3 is 2.63 bits per heavy atom. The van der Waals surface area contributed by atoms with E-state index in [0.29, 0.717) is 17.0 Å². The van der Waals surface area contributed by atoms with Gasteiger partial charge in [0.05, 0.1) is 18.2 Å². The molecule has 2 aromatic carbocycles. The molecule has 0 aliphatic carbocycles. The molecule has 0 saturated heterocycles. The molecule has 2 aromatic rings. The van der Waals surface area contributed by atoms with Gasteiger partial charge in [-0.2, -0.15) is 0 Å². The van der Waals surface area contributed by atoms with Gasteiger partial charge in [-0.25, -0.2) is 14.0 Å². The van der Waals surface area contributed by atoms with Crippen LogP contribution in [0.2, 0.25) is 0 Å². The van der Waals surface area contributed by atoms with Gasteiger partial charge in [-0.15, -0.1) is 0 Å². The highest BCUT2D eigenvalue weighted by Crippen LogP contribution is 2.32. The first-order valence-electron chi connectivity index (χ1n) is 8.47. The summed E-state index contributed by atoms with van der Waals surface area (Å²) < 4.78 is 24.9. The number of carbonyl (C=O) groups excluding carboxylic acids is 2. The lowest BCUT2D eigenvalue weighted by atomic mass is 9.95. The van der Waals surface area contributed by atoms with Crippen LogP contribution in [0.1, 0.15) is 25.5 Å². The second kappa shape index (κ2) is 7.90. The minimum atomic E-state index is -0.781. The number of ether oxygens (including phenoxy) is 2. The molecule has 1 heterocycles. The van der Waals surface area contributed by atoms with Crippen LogP contribution in [-0.4, -0.2) is 18.6 Å². The minimum Gasteiger partial charge on any atom is -0.463 e. The number of hydrogen-bond donors (Lipinski definition) is 2. The van der Waals surface area contributed by atoms with Crippen LogP contribution in [0.5, 0.6) is 11.5 Å². The summed E-state index contributed by atoms with van der Waals surface area (Å²) in [4.78, 5) is 24.3. The number of amides is 2. The van der Waals surface area contributed by atoms with E-state index in [1.54, 1.807) is 38.1 Å². The molecule has 6 nitrogen and oxygen atoms in total. The molecule has 0 radical (unpaired) electrons. The zero-order chi connectivity index (χ0) is 19.4. The second-order valence-electron chi connectivity index (χ2n) is 5.90. The van der Waals surface area contributed by atoms with E-state index in [9.17, 15) is 14.0 Å². The normalized spacial score (nSPS) is 16.4. The van der Waals surface area contributed by atoms with E-state index in [-0.39, 0.29) is 17.9 Å². The highest BCUT2D eigenvalue weighted by molar-refractivity contribution is 5.95. The van der Waals surface area contributed by atoms with Crippen molar-refractivity contribution in [2.24, 2.45) is 0 Å². The fourth-order valence-electron chi connectivity index (χ4n) is 2.82. The summed E-state index contributed by atoms with van der Waals surface area (Å²) in [6.45, 7) is 3.51. The van der Waals surface area contributed by atoms with Crippen LogP contribution in [0.3, 0.4) is 0 Å². The quantitative estimate of drug-likeness (QED) is 0.785.